The van der Waals surface area contributed by atoms with Crippen LogP contribution in [0.2, 0.25) is 0 Å². The van der Waals surface area contributed by atoms with Gasteiger partial charge in [0.05, 0.1) is 0 Å². The Morgan fingerprint density at radius 3 is 1.50 bits per heavy atom. The molecule has 0 nitrogen and oxygen atoms in total. The van der Waals surface area contributed by atoms with Gasteiger partial charge in [0.1, 0.15) is 0 Å². The van der Waals surface area contributed by atoms with E-state index in [2.05, 4.69) is 48.5 Å². The zero-order chi connectivity index (χ0) is 15.5. The lowest BCUT2D eigenvalue weighted by molar-refractivity contribution is 0.196. The highest BCUT2D eigenvalue weighted by Crippen LogP contribution is 2.34. The van der Waals surface area contributed by atoms with E-state index in [1.807, 2.05) is 0 Å². The third kappa shape index (κ3) is 7.14. The van der Waals surface area contributed by atoms with Gasteiger partial charge in [0.2, 0.25) is 0 Å². The zero-order valence-electron chi connectivity index (χ0n) is 15.5. The molecule has 0 aliphatic heterocycles. The predicted octanol–water partition coefficient (Wildman–Crippen LogP) is 7.33. The Labute approximate surface area is 130 Å². The number of hydrogen-bond acceptors (Lipinski definition) is 0. The van der Waals surface area contributed by atoms with Crippen LogP contribution >= 0.6 is 0 Å². The van der Waals surface area contributed by atoms with Gasteiger partial charge in [-0.25, -0.2) is 0 Å². The maximum atomic E-state index is 2.53. The molecule has 122 valence electrons. The molecule has 0 saturated carbocycles. The molecule has 0 aliphatic rings. The Balaban J connectivity index is 4.50. The van der Waals surface area contributed by atoms with Crippen LogP contribution in [0.3, 0.4) is 0 Å². The van der Waals surface area contributed by atoms with Crippen LogP contribution in [-0.2, 0) is 0 Å². The molecule has 0 N–H and O–H groups in total. The fraction of sp³-hybridized carbons (Fsp3) is 1.00. The van der Waals surface area contributed by atoms with Gasteiger partial charge in [0, 0.05) is 0 Å². The normalized spacial score (nSPS) is 16.6. The number of rotatable bonds is 12. The second-order valence-electron chi connectivity index (χ2n) is 7.23. The van der Waals surface area contributed by atoms with Gasteiger partial charge in [0.15, 0.2) is 0 Å². The fourth-order valence-corrected chi connectivity index (χ4v) is 4.12. The second-order valence-corrected chi connectivity index (χ2v) is 7.23. The maximum Gasteiger partial charge on any atom is -0.0386 e. The molecular weight excluding hydrogens is 240 g/mol. The van der Waals surface area contributed by atoms with Gasteiger partial charge in [-0.05, 0) is 42.4 Å². The van der Waals surface area contributed by atoms with Gasteiger partial charge in [0.25, 0.3) is 0 Å². The van der Waals surface area contributed by atoms with E-state index in [0.29, 0.717) is 0 Å². The second kappa shape index (κ2) is 11.6. The van der Waals surface area contributed by atoms with Crippen molar-refractivity contribution in [1.82, 2.24) is 0 Å². The minimum Gasteiger partial charge on any atom is -0.0654 e. The van der Waals surface area contributed by atoms with Crippen LogP contribution in [0.1, 0.15) is 99.8 Å². The molecule has 0 radical (unpaired) electrons. The van der Waals surface area contributed by atoms with E-state index < -0.39 is 0 Å². The van der Waals surface area contributed by atoms with Crippen LogP contribution in [0.25, 0.3) is 0 Å². The summed E-state index contributed by atoms with van der Waals surface area (Å²) in [4.78, 5) is 0. The van der Waals surface area contributed by atoms with E-state index in [4.69, 9.17) is 0 Å². The molecule has 0 aromatic carbocycles. The van der Waals surface area contributed by atoms with Crippen molar-refractivity contribution in [2.24, 2.45) is 29.6 Å². The van der Waals surface area contributed by atoms with E-state index in [1.54, 1.807) is 0 Å². The molecular formula is C20H42. The first-order valence-electron chi connectivity index (χ1n) is 9.53. The van der Waals surface area contributed by atoms with E-state index in [1.165, 1.54) is 51.4 Å². The molecule has 3 atom stereocenters. The van der Waals surface area contributed by atoms with Crippen molar-refractivity contribution in [2.75, 3.05) is 0 Å². The lowest BCUT2D eigenvalue weighted by Gasteiger charge is -2.31. The van der Waals surface area contributed by atoms with Crippen molar-refractivity contribution in [3.8, 4) is 0 Å². The molecule has 0 amide bonds. The van der Waals surface area contributed by atoms with Crippen molar-refractivity contribution in [3.63, 3.8) is 0 Å². The quantitative estimate of drug-likeness (QED) is 0.351. The first-order valence-corrected chi connectivity index (χ1v) is 9.53. The highest BCUT2D eigenvalue weighted by molar-refractivity contribution is 4.74. The van der Waals surface area contributed by atoms with Crippen molar-refractivity contribution in [3.05, 3.63) is 0 Å². The average molecular weight is 283 g/mol. The maximum absolute atomic E-state index is 2.53. The summed E-state index contributed by atoms with van der Waals surface area (Å²) in [6, 6.07) is 0. The van der Waals surface area contributed by atoms with Crippen molar-refractivity contribution >= 4 is 0 Å². The summed E-state index contributed by atoms with van der Waals surface area (Å²) >= 11 is 0. The Hall–Kier alpha value is 0. The minimum atomic E-state index is 0.904. The number of hydrogen-bond donors (Lipinski definition) is 0. The minimum absolute atomic E-state index is 0.904. The van der Waals surface area contributed by atoms with Crippen molar-refractivity contribution in [2.45, 2.75) is 99.8 Å². The molecule has 3 unspecified atom stereocenters. The predicted molar refractivity (Wildman–Crippen MR) is 94.1 cm³/mol. The van der Waals surface area contributed by atoms with Gasteiger partial charge in [-0.2, -0.15) is 0 Å². The van der Waals surface area contributed by atoms with Crippen LogP contribution in [0.15, 0.2) is 0 Å². The van der Waals surface area contributed by atoms with Crippen LogP contribution < -0.4 is 0 Å². The lowest BCUT2D eigenvalue weighted by atomic mass is 9.74. The Bertz CT molecular complexity index is 200. The van der Waals surface area contributed by atoms with Crippen LogP contribution in [0.5, 0.6) is 0 Å². The topological polar surface area (TPSA) is 0 Å². The fourth-order valence-electron chi connectivity index (χ4n) is 4.12. The van der Waals surface area contributed by atoms with Crippen molar-refractivity contribution in [1.29, 1.82) is 0 Å². The molecule has 0 aliphatic carbocycles. The molecule has 0 bridgehead atoms. The molecule has 0 heterocycles. The molecule has 0 saturated heterocycles. The molecule has 0 aromatic rings. The van der Waals surface area contributed by atoms with E-state index in [-0.39, 0.29) is 0 Å². The average Bonchev–Trinajstić information content (AvgIpc) is 2.44. The van der Waals surface area contributed by atoms with Gasteiger partial charge in [-0.1, -0.05) is 87.0 Å². The van der Waals surface area contributed by atoms with Gasteiger partial charge >= 0.3 is 0 Å². The van der Waals surface area contributed by atoms with Crippen LogP contribution in [0, 0.1) is 29.6 Å². The molecule has 0 aromatic heterocycles. The first kappa shape index (κ1) is 20.0. The standard InChI is InChI=1S/C20H42/c1-8-13-20(15-18(9-2)10-3)17(7)14-16(6)19(11-4)12-5/h16-20H,8-15H2,1-7H3. The van der Waals surface area contributed by atoms with Crippen LogP contribution in [-0.4, -0.2) is 0 Å². The van der Waals surface area contributed by atoms with E-state index in [9.17, 15) is 0 Å². The monoisotopic (exact) mass is 282 g/mol. The third-order valence-electron chi connectivity index (χ3n) is 5.85. The van der Waals surface area contributed by atoms with Gasteiger partial charge in [-0.3, -0.25) is 0 Å². The van der Waals surface area contributed by atoms with E-state index in [0.717, 1.165) is 29.6 Å². The summed E-state index contributed by atoms with van der Waals surface area (Å²) in [6.45, 7) is 16.8. The van der Waals surface area contributed by atoms with E-state index >= 15 is 0 Å². The zero-order valence-corrected chi connectivity index (χ0v) is 15.5. The first-order chi connectivity index (χ1) is 9.53. The molecule has 0 rings (SSSR count). The SMILES string of the molecule is CCCC(CC(CC)CC)C(C)CC(C)C(CC)CC. The summed E-state index contributed by atoms with van der Waals surface area (Å²) in [5.41, 5.74) is 0. The lowest BCUT2D eigenvalue weighted by Crippen LogP contribution is -2.21. The van der Waals surface area contributed by atoms with Gasteiger partial charge in [-0.15, -0.1) is 0 Å². The molecule has 20 heavy (non-hydrogen) atoms. The Morgan fingerprint density at radius 1 is 0.600 bits per heavy atom. The largest absolute Gasteiger partial charge is 0.0654 e. The Morgan fingerprint density at radius 2 is 1.10 bits per heavy atom. The molecule has 0 spiro atoms. The molecule has 0 heteroatoms. The summed E-state index contributed by atoms with van der Waals surface area (Å²) in [5.74, 6) is 4.67. The van der Waals surface area contributed by atoms with Gasteiger partial charge < -0.3 is 0 Å². The highest BCUT2D eigenvalue weighted by Gasteiger charge is 2.23. The Kier molecular flexibility index (Phi) is 11.6. The van der Waals surface area contributed by atoms with Crippen LogP contribution in [0.4, 0.5) is 0 Å². The third-order valence-corrected chi connectivity index (χ3v) is 5.85. The van der Waals surface area contributed by atoms with Crippen molar-refractivity contribution < 1.29 is 0 Å². The summed E-state index contributed by atoms with van der Waals surface area (Å²) < 4.78 is 0. The highest BCUT2D eigenvalue weighted by atomic mass is 14.3. The summed E-state index contributed by atoms with van der Waals surface area (Å²) in [6.07, 6.45) is 11.2. The summed E-state index contributed by atoms with van der Waals surface area (Å²) in [5, 5.41) is 0. The smallest absolute Gasteiger partial charge is 0.0386 e. The molecule has 0 fully saturated rings. The summed E-state index contributed by atoms with van der Waals surface area (Å²) in [7, 11) is 0.